The Morgan fingerprint density at radius 2 is 1.54 bits per heavy atom. The standard InChI is InChI=1S/C24H29NO2S/c1-19-13-15-22(16-14-19)28(26,27)25-17-7-11-20-10-5-6-12-23(20)24(18-25)21-8-3-2-4-9-21/h5-6,10,12-16H,2-4,7-9,11,17-18H2,1H3. The molecule has 0 N–H and O–H groups in total. The largest absolute Gasteiger partial charge is 0.243 e. The van der Waals surface area contributed by atoms with Crippen LogP contribution in [0.5, 0.6) is 0 Å². The van der Waals surface area contributed by atoms with Gasteiger partial charge in [-0.25, -0.2) is 8.42 Å². The molecule has 148 valence electrons. The average Bonchev–Trinajstić information content (AvgIpc) is 2.70. The van der Waals surface area contributed by atoms with Crippen LogP contribution < -0.4 is 0 Å². The molecule has 0 amide bonds. The van der Waals surface area contributed by atoms with Crippen molar-refractivity contribution in [2.24, 2.45) is 0 Å². The van der Waals surface area contributed by atoms with Crippen LogP contribution in [0.15, 0.2) is 59.0 Å². The molecule has 1 heterocycles. The molecule has 0 aromatic heterocycles. The van der Waals surface area contributed by atoms with Crippen molar-refractivity contribution < 1.29 is 8.42 Å². The van der Waals surface area contributed by atoms with Gasteiger partial charge in [-0.3, -0.25) is 0 Å². The molecule has 28 heavy (non-hydrogen) atoms. The minimum Gasteiger partial charge on any atom is -0.207 e. The van der Waals surface area contributed by atoms with Crippen LogP contribution in [0.1, 0.15) is 55.2 Å². The van der Waals surface area contributed by atoms with Gasteiger partial charge in [0.05, 0.1) is 4.90 Å². The van der Waals surface area contributed by atoms with Gasteiger partial charge < -0.3 is 0 Å². The quantitative estimate of drug-likeness (QED) is 0.687. The topological polar surface area (TPSA) is 37.4 Å². The lowest BCUT2D eigenvalue weighted by atomic mass is 9.85. The van der Waals surface area contributed by atoms with Crippen LogP contribution >= 0.6 is 0 Å². The molecule has 0 radical (unpaired) electrons. The zero-order chi connectivity index (χ0) is 19.6. The number of fused-ring (bicyclic) bond motifs is 1. The van der Waals surface area contributed by atoms with E-state index in [0.29, 0.717) is 18.0 Å². The van der Waals surface area contributed by atoms with Gasteiger partial charge in [-0.15, -0.1) is 0 Å². The van der Waals surface area contributed by atoms with E-state index in [1.807, 2.05) is 19.1 Å². The number of hydrogen-bond donors (Lipinski definition) is 0. The molecule has 3 nitrogen and oxygen atoms in total. The molecule has 2 aliphatic rings. The molecule has 0 saturated heterocycles. The summed E-state index contributed by atoms with van der Waals surface area (Å²) in [5.41, 5.74) is 6.42. The van der Waals surface area contributed by atoms with E-state index in [1.54, 1.807) is 16.4 Å². The molecular weight excluding hydrogens is 366 g/mol. The molecule has 0 spiro atoms. The summed E-state index contributed by atoms with van der Waals surface area (Å²) in [7, 11) is -3.49. The Labute approximate surface area is 169 Å². The van der Waals surface area contributed by atoms with Crippen molar-refractivity contribution in [2.45, 2.75) is 56.8 Å². The van der Waals surface area contributed by atoms with Gasteiger partial charge in [0.25, 0.3) is 0 Å². The molecular formula is C24H29NO2S. The van der Waals surface area contributed by atoms with Crippen molar-refractivity contribution in [3.63, 3.8) is 0 Å². The molecule has 0 unspecified atom stereocenters. The second-order valence-electron chi connectivity index (χ2n) is 8.06. The zero-order valence-electron chi connectivity index (χ0n) is 16.7. The fourth-order valence-electron chi connectivity index (χ4n) is 4.47. The first-order chi connectivity index (χ1) is 13.6. The number of rotatable bonds is 2. The molecule has 1 fully saturated rings. The third-order valence-electron chi connectivity index (χ3n) is 6.07. The molecule has 2 aromatic carbocycles. The van der Waals surface area contributed by atoms with Crippen LogP contribution in [0.2, 0.25) is 0 Å². The first-order valence-corrected chi connectivity index (χ1v) is 11.9. The van der Waals surface area contributed by atoms with Gasteiger partial charge in [0.2, 0.25) is 10.0 Å². The Kier molecular flexibility index (Phi) is 5.70. The van der Waals surface area contributed by atoms with Gasteiger partial charge in [-0.2, -0.15) is 4.31 Å². The minimum atomic E-state index is -3.49. The SMILES string of the molecule is Cc1ccc(S(=O)(=O)N2CCCc3ccccc3C(=C3CCCCC3)C2)cc1. The lowest BCUT2D eigenvalue weighted by molar-refractivity contribution is 0.433. The van der Waals surface area contributed by atoms with Crippen LogP contribution in [0.4, 0.5) is 0 Å². The highest BCUT2D eigenvalue weighted by molar-refractivity contribution is 7.89. The van der Waals surface area contributed by atoms with E-state index < -0.39 is 10.0 Å². The second-order valence-corrected chi connectivity index (χ2v) is 9.99. The normalized spacial score (nSPS) is 19.0. The van der Waals surface area contributed by atoms with Crippen LogP contribution in [0, 0.1) is 6.92 Å². The Balaban J connectivity index is 1.76. The lowest BCUT2D eigenvalue weighted by Crippen LogP contribution is -2.35. The number of hydrogen-bond acceptors (Lipinski definition) is 2. The van der Waals surface area contributed by atoms with Gasteiger partial charge in [-0.05, 0) is 74.3 Å². The number of aryl methyl sites for hydroxylation is 2. The van der Waals surface area contributed by atoms with Gasteiger partial charge in [-0.1, -0.05) is 54.0 Å². The minimum absolute atomic E-state index is 0.403. The van der Waals surface area contributed by atoms with Crippen molar-refractivity contribution in [1.82, 2.24) is 4.31 Å². The summed E-state index contributed by atoms with van der Waals surface area (Å²) in [6.45, 7) is 3.04. The Hall–Kier alpha value is -1.91. The van der Waals surface area contributed by atoms with Crippen LogP contribution in [0.25, 0.3) is 5.57 Å². The maximum atomic E-state index is 13.4. The number of allylic oxidation sites excluding steroid dienone is 1. The van der Waals surface area contributed by atoms with Crippen LogP contribution in [-0.4, -0.2) is 25.8 Å². The smallest absolute Gasteiger partial charge is 0.207 e. The molecule has 2 aromatic rings. The summed E-state index contributed by atoms with van der Waals surface area (Å²) >= 11 is 0. The highest BCUT2D eigenvalue weighted by Crippen LogP contribution is 2.35. The van der Waals surface area contributed by atoms with Gasteiger partial charge in [0, 0.05) is 13.1 Å². The first kappa shape index (κ1) is 19.4. The second kappa shape index (κ2) is 8.22. The third kappa shape index (κ3) is 3.94. The van der Waals surface area contributed by atoms with Gasteiger partial charge in [0.1, 0.15) is 0 Å². The molecule has 0 atom stereocenters. The molecule has 1 saturated carbocycles. The number of benzene rings is 2. The number of sulfonamides is 1. The molecule has 0 bridgehead atoms. The monoisotopic (exact) mass is 395 g/mol. The number of nitrogens with zero attached hydrogens (tertiary/aromatic N) is 1. The van der Waals surface area contributed by atoms with E-state index in [4.69, 9.17) is 0 Å². The van der Waals surface area contributed by atoms with E-state index in [9.17, 15) is 8.42 Å². The van der Waals surface area contributed by atoms with Crippen molar-refractivity contribution >= 4 is 15.6 Å². The highest BCUT2D eigenvalue weighted by Gasteiger charge is 2.28. The maximum absolute atomic E-state index is 13.4. The predicted octanol–water partition coefficient (Wildman–Crippen LogP) is 5.35. The summed E-state index contributed by atoms with van der Waals surface area (Å²) in [5.74, 6) is 0. The van der Waals surface area contributed by atoms with Crippen molar-refractivity contribution in [3.05, 3.63) is 70.8 Å². The van der Waals surface area contributed by atoms with E-state index in [1.165, 1.54) is 41.5 Å². The average molecular weight is 396 g/mol. The summed E-state index contributed by atoms with van der Waals surface area (Å²) < 4.78 is 28.5. The summed E-state index contributed by atoms with van der Waals surface area (Å²) in [4.78, 5) is 0.403. The van der Waals surface area contributed by atoms with Crippen molar-refractivity contribution in [1.29, 1.82) is 0 Å². The Bertz CT molecular complexity index is 966. The van der Waals surface area contributed by atoms with Gasteiger partial charge in [0.15, 0.2) is 0 Å². The summed E-state index contributed by atoms with van der Waals surface area (Å²) in [5, 5.41) is 0. The van der Waals surface area contributed by atoms with E-state index in [2.05, 4.69) is 24.3 Å². The van der Waals surface area contributed by atoms with Gasteiger partial charge >= 0.3 is 0 Å². The van der Waals surface area contributed by atoms with Crippen LogP contribution in [-0.2, 0) is 16.4 Å². The van der Waals surface area contributed by atoms with Crippen molar-refractivity contribution in [2.75, 3.05) is 13.1 Å². The maximum Gasteiger partial charge on any atom is 0.243 e. The summed E-state index contributed by atoms with van der Waals surface area (Å²) in [6.07, 6.45) is 7.68. The Morgan fingerprint density at radius 1 is 0.821 bits per heavy atom. The molecule has 4 heteroatoms. The summed E-state index contributed by atoms with van der Waals surface area (Å²) in [6, 6.07) is 15.8. The predicted molar refractivity (Wildman–Crippen MR) is 115 cm³/mol. The van der Waals surface area contributed by atoms with E-state index in [-0.39, 0.29) is 0 Å². The van der Waals surface area contributed by atoms with E-state index >= 15 is 0 Å². The lowest BCUT2D eigenvalue weighted by Gasteiger charge is -2.30. The zero-order valence-corrected chi connectivity index (χ0v) is 17.5. The van der Waals surface area contributed by atoms with Crippen LogP contribution in [0.3, 0.4) is 0 Å². The fraction of sp³-hybridized carbons (Fsp3) is 0.417. The first-order valence-electron chi connectivity index (χ1n) is 10.4. The molecule has 1 aliphatic heterocycles. The molecule has 4 rings (SSSR count). The highest BCUT2D eigenvalue weighted by atomic mass is 32.2. The Morgan fingerprint density at radius 3 is 2.29 bits per heavy atom. The molecule has 1 aliphatic carbocycles. The van der Waals surface area contributed by atoms with E-state index in [0.717, 1.165) is 31.2 Å². The third-order valence-corrected chi connectivity index (χ3v) is 7.93. The van der Waals surface area contributed by atoms with Crippen molar-refractivity contribution in [3.8, 4) is 0 Å². The fourth-order valence-corrected chi connectivity index (χ4v) is 5.91.